The van der Waals surface area contributed by atoms with Crippen molar-refractivity contribution in [2.24, 2.45) is 5.92 Å². The van der Waals surface area contributed by atoms with Crippen LogP contribution in [-0.4, -0.2) is 30.3 Å². The van der Waals surface area contributed by atoms with Crippen molar-refractivity contribution in [3.8, 4) is 6.07 Å². The standard InChI is InChI=1S/C18H22N4O3/c1-12(23)21-14-6-4-5-13(11-14)17(24)22-16-8-3-2-7-15(16)18(25)20-10-9-19/h4-6,11,15-16H,2-3,7-8,10H2,1H3,(H,20,25)(H,21,23)(H,22,24). The van der Waals surface area contributed by atoms with Crippen molar-refractivity contribution in [2.45, 2.75) is 38.6 Å². The number of nitriles is 1. The lowest BCUT2D eigenvalue weighted by atomic mass is 9.83. The molecular weight excluding hydrogens is 320 g/mol. The summed E-state index contributed by atoms with van der Waals surface area (Å²) in [4.78, 5) is 35.9. The number of rotatable bonds is 5. The number of carbonyl (C=O) groups excluding carboxylic acids is 3. The van der Waals surface area contributed by atoms with Crippen LogP contribution in [0.4, 0.5) is 5.69 Å². The maximum atomic E-state index is 12.5. The van der Waals surface area contributed by atoms with Gasteiger partial charge in [-0.1, -0.05) is 18.9 Å². The van der Waals surface area contributed by atoms with E-state index in [2.05, 4.69) is 16.0 Å². The first-order chi connectivity index (χ1) is 12.0. The minimum atomic E-state index is -0.329. The lowest BCUT2D eigenvalue weighted by Gasteiger charge is -2.31. The molecule has 3 N–H and O–H groups in total. The Morgan fingerprint density at radius 2 is 2.00 bits per heavy atom. The minimum Gasteiger partial charge on any atom is -0.349 e. The predicted octanol–water partition coefficient (Wildman–Crippen LogP) is 1.57. The number of nitrogens with zero attached hydrogens (tertiary/aromatic N) is 1. The van der Waals surface area contributed by atoms with Crippen LogP contribution in [0.15, 0.2) is 24.3 Å². The third kappa shape index (κ3) is 5.31. The molecule has 0 saturated heterocycles. The molecule has 2 rings (SSSR count). The van der Waals surface area contributed by atoms with Crippen molar-refractivity contribution in [2.75, 3.05) is 11.9 Å². The largest absolute Gasteiger partial charge is 0.349 e. The topological polar surface area (TPSA) is 111 Å². The van der Waals surface area contributed by atoms with E-state index in [1.165, 1.54) is 6.92 Å². The van der Waals surface area contributed by atoms with Gasteiger partial charge in [0.15, 0.2) is 0 Å². The highest BCUT2D eigenvalue weighted by Gasteiger charge is 2.32. The molecule has 1 aliphatic carbocycles. The van der Waals surface area contributed by atoms with E-state index in [4.69, 9.17) is 5.26 Å². The second-order valence-electron chi connectivity index (χ2n) is 6.11. The highest BCUT2D eigenvalue weighted by molar-refractivity contribution is 5.97. The summed E-state index contributed by atoms with van der Waals surface area (Å²) in [5.74, 6) is -1.01. The summed E-state index contributed by atoms with van der Waals surface area (Å²) >= 11 is 0. The Balaban J connectivity index is 2.05. The van der Waals surface area contributed by atoms with E-state index < -0.39 is 0 Å². The van der Waals surface area contributed by atoms with Gasteiger partial charge in [0.2, 0.25) is 11.8 Å². The van der Waals surface area contributed by atoms with Gasteiger partial charge in [-0.2, -0.15) is 5.26 Å². The fourth-order valence-corrected chi connectivity index (χ4v) is 3.07. The second-order valence-corrected chi connectivity index (χ2v) is 6.11. The molecule has 1 aliphatic rings. The van der Waals surface area contributed by atoms with E-state index in [0.29, 0.717) is 17.7 Å². The Hall–Kier alpha value is -2.88. The van der Waals surface area contributed by atoms with E-state index in [-0.39, 0.29) is 36.2 Å². The fraction of sp³-hybridized carbons (Fsp3) is 0.444. The van der Waals surface area contributed by atoms with Gasteiger partial charge in [-0.25, -0.2) is 0 Å². The summed E-state index contributed by atoms with van der Waals surface area (Å²) in [5, 5.41) is 16.7. The average Bonchev–Trinajstić information content (AvgIpc) is 2.59. The number of benzene rings is 1. The van der Waals surface area contributed by atoms with Gasteiger partial charge >= 0.3 is 0 Å². The number of hydrogen-bond acceptors (Lipinski definition) is 4. The highest BCUT2D eigenvalue weighted by Crippen LogP contribution is 2.25. The fourth-order valence-electron chi connectivity index (χ4n) is 3.07. The van der Waals surface area contributed by atoms with Gasteiger partial charge in [0.05, 0.1) is 12.0 Å². The van der Waals surface area contributed by atoms with Gasteiger partial charge in [-0.15, -0.1) is 0 Å². The Morgan fingerprint density at radius 1 is 1.24 bits per heavy atom. The van der Waals surface area contributed by atoms with Crippen LogP contribution in [0, 0.1) is 17.2 Å². The Morgan fingerprint density at radius 3 is 2.72 bits per heavy atom. The van der Waals surface area contributed by atoms with Crippen molar-refractivity contribution in [1.82, 2.24) is 10.6 Å². The third-order valence-corrected chi connectivity index (χ3v) is 4.21. The molecule has 0 heterocycles. The smallest absolute Gasteiger partial charge is 0.251 e. The SMILES string of the molecule is CC(=O)Nc1cccc(C(=O)NC2CCCCC2C(=O)NCC#N)c1. The molecule has 0 aromatic heterocycles. The molecule has 3 amide bonds. The first-order valence-electron chi connectivity index (χ1n) is 8.34. The Bertz CT molecular complexity index is 696. The number of amides is 3. The molecule has 132 valence electrons. The van der Waals surface area contributed by atoms with Gasteiger partial charge in [0.1, 0.15) is 6.54 Å². The molecule has 2 atom stereocenters. The molecule has 25 heavy (non-hydrogen) atoms. The van der Waals surface area contributed by atoms with Crippen LogP contribution < -0.4 is 16.0 Å². The molecule has 0 aliphatic heterocycles. The minimum absolute atomic E-state index is 0.0330. The van der Waals surface area contributed by atoms with Crippen LogP contribution >= 0.6 is 0 Å². The Labute approximate surface area is 146 Å². The van der Waals surface area contributed by atoms with Crippen molar-refractivity contribution >= 4 is 23.4 Å². The van der Waals surface area contributed by atoms with Crippen molar-refractivity contribution in [3.63, 3.8) is 0 Å². The predicted molar refractivity (Wildman–Crippen MR) is 92.6 cm³/mol. The maximum Gasteiger partial charge on any atom is 0.251 e. The molecule has 0 bridgehead atoms. The lowest BCUT2D eigenvalue weighted by Crippen LogP contribution is -2.48. The molecule has 0 spiro atoms. The van der Waals surface area contributed by atoms with E-state index in [9.17, 15) is 14.4 Å². The van der Waals surface area contributed by atoms with Crippen LogP contribution in [0.3, 0.4) is 0 Å². The molecule has 7 nitrogen and oxygen atoms in total. The van der Waals surface area contributed by atoms with Crippen LogP contribution in [0.1, 0.15) is 43.0 Å². The number of carbonyl (C=O) groups is 3. The third-order valence-electron chi connectivity index (χ3n) is 4.21. The van der Waals surface area contributed by atoms with Gasteiger partial charge in [0, 0.05) is 24.2 Å². The maximum absolute atomic E-state index is 12.5. The number of nitrogens with one attached hydrogen (secondary N) is 3. The van der Waals surface area contributed by atoms with E-state index >= 15 is 0 Å². The number of anilines is 1. The van der Waals surface area contributed by atoms with Gasteiger partial charge < -0.3 is 16.0 Å². The number of hydrogen-bond donors (Lipinski definition) is 3. The van der Waals surface area contributed by atoms with Gasteiger partial charge in [0.25, 0.3) is 5.91 Å². The molecular formula is C18H22N4O3. The normalized spacial score (nSPS) is 19.4. The Kier molecular flexibility index (Phi) is 6.52. The zero-order valence-corrected chi connectivity index (χ0v) is 14.2. The zero-order valence-electron chi connectivity index (χ0n) is 14.2. The first-order valence-corrected chi connectivity index (χ1v) is 8.34. The molecule has 1 aromatic rings. The molecule has 1 saturated carbocycles. The van der Waals surface area contributed by atoms with Crippen LogP contribution in [-0.2, 0) is 9.59 Å². The van der Waals surface area contributed by atoms with E-state index in [1.54, 1.807) is 24.3 Å². The highest BCUT2D eigenvalue weighted by atomic mass is 16.2. The van der Waals surface area contributed by atoms with Crippen molar-refractivity contribution in [1.29, 1.82) is 5.26 Å². The lowest BCUT2D eigenvalue weighted by molar-refractivity contribution is -0.126. The zero-order chi connectivity index (χ0) is 18.2. The summed E-state index contributed by atoms with van der Waals surface area (Å²) in [5.41, 5.74) is 0.972. The molecule has 1 fully saturated rings. The van der Waals surface area contributed by atoms with E-state index in [1.807, 2.05) is 6.07 Å². The van der Waals surface area contributed by atoms with Crippen LogP contribution in [0.5, 0.6) is 0 Å². The summed E-state index contributed by atoms with van der Waals surface area (Å²) in [6.45, 7) is 1.37. The molecule has 2 unspecified atom stereocenters. The van der Waals surface area contributed by atoms with E-state index in [0.717, 1.165) is 19.3 Å². The first kappa shape index (κ1) is 18.5. The van der Waals surface area contributed by atoms with Crippen LogP contribution in [0.2, 0.25) is 0 Å². The average molecular weight is 342 g/mol. The summed E-state index contributed by atoms with van der Waals surface area (Å²) in [6.07, 6.45) is 3.28. The summed E-state index contributed by atoms with van der Waals surface area (Å²) < 4.78 is 0. The molecule has 0 radical (unpaired) electrons. The molecule has 7 heteroatoms. The summed E-state index contributed by atoms with van der Waals surface area (Å²) in [6, 6.07) is 8.29. The molecule has 1 aromatic carbocycles. The van der Waals surface area contributed by atoms with Gasteiger partial charge in [-0.05, 0) is 31.0 Å². The van der Waals surface area contributed by atoms with Crippen molar-refractivity contribution < 1.29 is 14.4 Å². The quantitative estimate of drug-likeness (QED) is 0.705. The second kappa shape index (κ2) is 8.83. The van der Waals surface area contributed by atoms with Crippen molar-refractivity contribution in [3.05, 3.63) is 29.8 Å². The van der Waals surface area contributed by atoms with Crippen LogP contribution in [0.25, 0.3) is 0 Å². The monoisotopic (exact) mass is 342 g/mol. The summed E-state index contributed by atoms with van der Waals surface area (Å²) in [7, 11) is 0. The van der Waals surface area contributed by atoms with Gasteiger partial charge in [-0.3, -0.25) is 14.4 Å².